The molecular weight excluding hydrogens is 274 g/mol. The molecule has 3 N–H and O–H groups in total. The number of aliphatic hydroxyl groups is 1. The number of aromatic amines is 1. The van der Waals surface area contributed by atoms with E-state index >= 15 is 0 Å². The minimum Gasteiger partial charge on any atom is -0.389 e. The quantitative estimate of drug-likeness (QED) is 0.700. The Balaban J connectivity index is 1.91. The molecule has 0 spiro atoms. The number of H-pyrrole nitrogens is 1. The van der Waals surface area contributed by atoms with Crippen molar-refractivity contribution >= 4 is 5.91 Å². The van der Waals surface area contributed by atoms with Gasteiger partial charge >= 0.3 is 5.69 Å². The van der Waals surface area contributed by atoms with Crippen molar-refractivity contribution in [2.24, 2.45) is 0 Å². The largest absolute Gasteiger partial charge is 0.389 e. The molecule has 7 nitrogen and oxygen atoms in total. The van der Waals surface area contributed by atoms with Crippen molar-refractivity contribution in [2.45, 2.75) is 45.3 Å². The summed E-state index contributed by atoms with van der Waals surface area (Å²) in [5.41, 5.74) is 1.90. The highest BCUT2D eigenvalue weighted by Crippen LogP contribution is 2.11. The van der Waals surface area contributed by atoms with Crippen LogP contribution in [0.3, 0.4) is 0 Å². The van der Waals surface area contributed by atoms with Crippen LogP contribution in [-0.4, -0.2) is 46.3 Å². The van der Waals surface area contributed by atoms with Gasteiger partial charge in [0.2, 0.25) is 5.91 Å². The molecule has 0 aromatic carbocycles. The number of carbonyl (C=O) groups excluding carboxylic acids is 1. The smallest absolute Gasteiger partial charge is 0.345 e. The molecule has 21 heavy (non-hydrogen) atoms. The number of hydrogen-bond donors (Lipinski definition) is 3. The first-order valence-corrected chi connectivity index (χ1v) is 7.09. The number of aryl methyl sites for hydroxylation is 2. The van der Waals surface area contributed by atoms with Gasteiger partial charge in [0.1, 0.15) is 0 Å². The number of aliphatic hydroxyl groups excluding tert-OH is 1. The SMILES string of the molecule is Cc1nc(=O)[nH]c(C)c1CCC(=O)N[C@@H]1CCOC[C@H]1O. The van der Waals surface area contributed by atoms with Crippen molar-refractivity contribution in [1.82, 2.24) is 15.3 Å². The molecule has 2 rings (SSSR count). The van der Waals surface area contributed by atoms with E-state index < -0.39 is 6.10 Å². The Bertz CT molecular complexity index is 544. The maximum atomic E-state index is 12.0. The van der Waals surface area contributed by atoms with Crippen LogP contribution in [0.25, 0.3) is 0 Å². The van der Waals surface area contributed by atoms with Gasteiger partial charge in [-0.25, -0.2) is 4.79 Å². The third kappa shape index (κ3) is 4.12. The molecule has 0 bridgehead atoms. The Kier molecular flexibility index (Phi) is 5.08. The number of aromatic nitrogens is 2. The average Bonchev–Trinajstić information content (AvgIpc) is 2.40. The number of hydrogen-bond acceptors (Lipinski definition) is 5. The Morgan fingerprint density at radius 3 is 2.95 bits per heavy atom. The van der Waals surface area contributed by atoms with Crippen molar-refractivity contribution in [3.8, 4) is 0 Å². The Hall–Kier alpha value is -1.73. The first kappa shape index (κ1) is 15.7. The van der Waals surface area contributed by atoms with Gasteiger partial charge in [0.15, 0.2) is 0 Å². The van der Waals surface area contributed by atoms with Gasteiger partial charge in [-0.2, -0.15) is 4.98 Å². The van der Waals surface area contributed by atoms with Crippen LogP contribution in [0.2, 0.25) is 0 Å². The number of amides is 1. The van der Waals surface area contributed by atoms with E-state index in [1.54, 1.807) is 13.8 Å². The fourth-order valence-electron chi connectivity index (χ4n) is 2.53. The van der Waals surface area contributed by atoms with E-state index in [0.29, 0.717) is 31.6 Å². The molecule has 1 amide bonds. The molecule has 0 saturated carbocycles. The summed E-state index contributed by atoms with van der Waals surface area (Å²) in [6.45, 7) is 4.36. The molecular formula is C14H21N3O4. The fraction of sp³-hybridized carbons (Fsp3) is 0.643. The zero-order chi connectivity index (χ0) is 15.4. The molecule has 1 aliphatic rings. The number of rotatable bonds is 4. The summed E-state index contributed by atoms with van der Waals surface area (Å²) in [6.07, 6.45) is 0.762. The molecule has 1 fully saturated rings. The predicted molar refractivity (Wildman–Crippen MR) is 76.0 cm³/mol. The lowest BCUT2D eigenvalue weighted by molar-refractivity contribution is -0.124. The van der Waals surface area contributed by atoms with E-state index in [-0.39, 0.29) is 24.2 Å². The molecule has 2 atom stereocenters. The normalized spacial score (nSPS) is 22.0. The van der Waals surface area contributed by atoms with Gasteiger partial charge in [-0.3, -0.25) is 4.79 Å². The standard InChI is InChI=1S/C14H21N3O4/c1-8-10(9(2)16-14(20)15-8)3-4-13(19)17-11-5-6-21-7-12(11)18/h11-12,18H,3-7H2,1-2H3,(H,17,19)(H,15,16,20)/t11-,12-/m1/s1. The molecule has 1 aromatic heterocycles. The second kappa shape index (κ2) is 6.82. The number of nitrogens with zero attached hydrogens (tertiary/aromatic N) is 1. The van der Waals surface area contributed by atoms with Crippen LogP contribution in [-0.2, 0) is 16.0 Å². The van der Waals surface area contributed by atoms with Crippen molar-refractivity contribution in [3.63, 3.8) is 0 Å². The van der Waals surface area contributed by atoms with Gasteiger partial charge in [0.05, 0.1) is 18.8 Å². The molecule has 0 unspecified atom stereocenters. The first-order chi connectivity index (χ1) is 9.97. The van der Waals surface area contributed by atoms with Crippen LogP contribution in [0.1, 0.15) is 29.8 Å². The van der Waals surface area contributed by atoms with Gasteiger partial charge in [0.25, 0.3) is 0 Å². The van der Waals surface area contributed by atoms with Gasteiger partial charge in [-0.1, -0.05) is 0 Å². The van der Waals surface area contributed by atoms with Crippen LogP contribution in [0.4, 0.5) is 0 Å². The Morgan fingerprint density at radius 1 is 1.52 bits per heavy atom. The summed E-state index contributed by atoms with van der Waals surface area (Å²) in [4.78, 5) is 29.7. The fourth-order valence-corrected chi connectivity index (χ4v) is 2.53. The van der Waals surface area contributed by atoms with Crippen molar-refractivity contribution < 1.29 is 14.6 Å². The Morgan fingerprint density at radius 2 is 2.29 bits per heavy atom. The van der Waals surface area contributed by atoms with Gasteiger partial charge < -0.3 is 20.1 Å². The second-order valence-electron chi connectivity index (χ2n) is 5.34. The lowest BCUT2D eigenvalue weighted by atomic mass is 10.0. The molecule has 1 aliphatic heterocycles. The summed E-state index contributed by atoms with van der Waals surface area (Å²) in [5, 5.41) is 12.6. The number of nitrogens with one attached hydrogen (secondary N) is 2. The highest BCUT2D eigenvalue weighted by atomic mass is 16.5. The topological polar surface area (TPSA) is 104 Å². The summed E-state index contributed by atoms with van der Waals surface area (Å²) in [7, 11) is 0. The highest BCUT2D eigenvalue weighted by Gasteiger charge is 2.25. The lowest BCUT2D eigenvalue weighted by Gasteiger charge is -2.28. The minimum atomic E-state index is -0.652. The molecule has 0 aliphatic carbocycles. The van der Waals surface area contributed by atoms with Crippen LogP contribution in [0.5, 0.6) is 0 Å². The van der Waals surface area contributed by atoms with Crippen molar-refractivity contribution in [1.29, 1.82) is 0 Å². The zero-order valence-corrected chi connectivity index (χ0v) is 12.3. The van der Waals surface area contributed by atoms with E-state index in [4.69, 9.17) is 4.74 Å². The van der Waals surface area contributed by atoms with Crippen LogP contribution in [0, 0.1) is 13.8 Å². The van der Waals surface area contributed by atoms with Crippen molar-refractivity contribution in [3.05, 3.63) is 27.4 Å². The molecule has 116 valence electrons. The lowest BCUT2D eigenvalue weighted by Crippen LogP contribution is -2.48. The monoisotopic (exact) mass is 295 g/mol. The summed E-state index contributed by atoms with van der Waals surface area (Å²) < 4.78 is 5.12. The van der Waals surface area contributed by atoms with E-state index in [1.807, 2.05) is 0 Å². The van der Waals surface area contributed by atoms with Crippen LogP contribution in [0.15, 0.2) is 4.79 Å². The van der Waals surface area contributed by atoms with Gasteiger partial charge in [-0.15, -0.1) is 0 Å². The number of ether oxygens (including phenoxy) is 1. The predicted octanol–water partition coefficient (Wildman–Crippen LogP) is -0.415. The van der Waals surface area contributed by atoms with Gasteiger partial charge in [-0.05, 0) is 32.3 Å². The maximum absolute atomic E-state index is 12.0. The van der Waals surface area contributed by atoms with Crippen molar-refractivity contribution in [2.75, 3.05) is 13.2 Å². The number of carbonyl (C=O) groups is 1. The Labute approximate surface area is 122 Å². The highest BCUT2D eigenvalue weighted by molar-refractivity contribution is 5.76. The second-order valence-corrected chi connectivity index (χ2v) is 5.34. The maximum Gasteiger partial charge on any atom is 0.345 e. The molecule has 1 saturated heterocycles. The minimum absolute atomic E-state index is 0.119. The molecule has 7 heteroatoms. The van der Waals surface area contributed by atoms with Gasteiger partial charge in [0, 0.05) is 24.4 Å². The summed E-state index contributed by atoms with van der Waals surface area (Å²) in [6, 6.07) is -0.248. The third-order valence-corrected chi connectivity index (χ3v) is 3.73. The average molecular weight is 295 g/mol. The molecule has 2 heterocycles. The molecule has 0 radical (unpaired) electrons. The third-order valence-electron chi connectivity index (χ3n) is 3.73. The van der Waals surface area contributed by atoms with E-state index in [1.165, 1.54) is 0 Å². The first-order valence-electron chi connectivity index (χ1n) is 7.09. The van der Waals surface area contributed by atoms with E-state index in [0.717, 1.165) is 11.3 Å². The summed E-state index contributed by atoms with van der Waals surface area (Å²) >= 11 is 0. The summed E-state index contributed by atoms with van der Waals surface area (Å²) in [5.74, 6) is -0.119. The molecule has 1 aromatic rings. The van der Waals surface area contributed by atoms with E-state index in [2.05, 4.69) is 15.3 Å². The van der Waals surface area contributed by atoms with E-state index in [9.17, 15) is 14.7 Å². The zero-order valence-electron chi connectivity index (χ0n) is 12.3. The van der Waals surface area contributed by atoms with Crippen LogP contribution < -0.4 is 11.0 Å². The van der Waals surface area contributed by atoms with Crippen LogP contribution >= 0.6 is 0 Å².